The molecule has 1 aromatic heterocycles. The van der Waals surface area contributed by atoms with Gasteiger partial charge in [-0.3, -0.25) is 0 Å². The van der Waals surface area contributed by atoms with Crippen LogP contribution in [-0.4, -0.2) is 59.2 Å². The van der Waals surface area contributed by atoms with E-state index in [0.29, 0.717) is 10.7 Å². The van der Waals surface area contributed by atoms with E-state index >= 15 is 0 Å². The number of rotatable bonds is 2. The Morgan fingerprint density at radius 1 is 0.792 bits per heavy atom. The molecule has 3 saturated heterocycles. The van der Waals surface area contributed by atoms with E-state index in [4.69, 9.17) is 22.2 Å². The Hall–Kier alpha value is -1.28. The van der Waals surface area contributed by atoms with Crippen molar-refractivity contribution in [2.75, 3.05) is 49.1 Å². The number of anilines is 2. The zero-order chi connectivity index (χ0) is 16.4. The predicted octanol–water partition coefficient (Wildman–Crippen LogP) is 2.02. The first-order chi connectivity index (χ1) is 11.8. The Kier molecular flexibility index (Phi) is 4.93. The van der Waals surface area contributed by atoms with E-state index in [9.17, 15) is 0 Å². The van der Waals surface area contributed by atoms with Crippen LogP contribution in [0.25, 0.3) is 0 Å². The third-order valence-electron chi connectivity index (χ3n) is 4.90. The minimum atomic E-state index is 0.537. The summed E-state index contributed by atoms with van der Waals surface area (Å²) in [5, 5.41) is 2.74. The summed E-state index contributed by atoms with van der Waals surface area (Å²) in [7, 11) is 0. The van der Waals surface area contributed by atoms with Crippen molar-refractivity contribution in [3.8, 4) is 0 Å². The topological polar surface area (TPSA) is 47.9 Å². The molecule has 0 spiro atoms. The van der Waals surface area contributed by atoms with Gasteiger partial charge in [-0.15, -0.1) is 0 Å². The molecule has 24 heavy (non-hydrogen) atoms. The lowest BCUT2D eigenvalue weighted by Gasteiger charge is -2.20. The fourth-order valence-corrected chi connectivity index (χ4v) is 4.83. The molecule has 8 heteroatoms. The molecular formula is C16H24N6S2. The molecule has 0 aromatic carbocycles. The number of nitrogens with zero attached hydrogens (tertiary/aromatic N) is 6. The van der Waals surface area contributed by atoms with Crippen molar-refractivity contribution in [1.82, 2.24) is 14.9 Å². The van der Waals surface area contributed by atoms with Crippen LogP contribution in [0.2, 0.25) is 0 Å². The Morgan fingerprint density at radius 2 is 1.25 bits per heavy atom. The van der Waals surface area contributed by atoms with Crippen LogP contribution in [0.1, 0.15) is 38.5 Å². The number of hydrogen-bond donors (Lipinski definition) is 0. The molecule has 6 nitrogen and oxygen atoms in total. The molecule has 0 N–H and O–H groups in total. The molecule has 0 aliphatic carbocycles. The van der Waals surface area contributed by atoms with Gasteiger partial charge < -0.3 is 14.7 Å². The standard InChI is InChI=1S/C16H24N6S2/c23-14(20-7-1-2-8-20)17-13-18-15(21-9-3-4-10-21)24-16(19-13)22-11-5-6-12-22/h1-12H2. The number of thiocarbonyl (C=S) groups is 1. The monoisotopic (exact) mass is 364 g/mol. The second-order valence-electron chi connectivity index (χ2n) is 6.67. The van der Waals surface area contributed by atoms with E-state index in [1.54, 1.807) is 11.3 Å². The summed E-state index contributed by atoms with van der Waals surface area (Å²) >= 11 is 7.21. The van der Waals surface area contributed by atoms with Gasteiger partial charge in [0.1, 0.15) is 0 Å². The molecule has 1 aromatic rings. The lowest BCUT2D eigenvalue weighted by atomic mass is 10.4. The highest BCUT2D eigenvalue weighted by Gasteiger charge is 2.21. The van der Waals surface area contributed by atoms with Crippen LogP contribution in [0.4, 0.5) is 10.3 Å². The third kappa shape index (κ3) is 3.54. The van der Waals surface area contributed by atoms with Gasteiger partial charge in [-0.05, 0) is 50.7 Å². The third-order valence-corrected chi connectivity index (χ3v) is 6.31. The average molecular weight is 365 g/mol. The van der Waals surface area contributed by atoms with E-state index in [1.165, 1.54) is 38.5 Å². The zero-order valence-electron chi connectivity index (χ0n) is 14.0. The van der Waals surface area contributed by atoms with E-state index in [2.05, 4.69) is 19.7 Å². The summed E-state index contributed by atoms with van der Waals surface area (Å²) in [5.74, 6) is 0. The lowest BCUT2D eigenvalue weighted by Crippen LogP contribution is -2.30. The van der Waals surface area contributed by atoms with E-state index in [-0.39, 0.29) is 0 Å². The molecule has 0 radical (unpaired) electrons. The fraction of sp³-hybridized carbons (Fsp3) is 0.750. The Labute approximate surface area is 152 Å². The maximum atomic E-state index is 5.51. The molecule has 0 saturated carbocycles. The van der Waals surface area contributed by atoms with Gasteiger partial charge in [0, 0.05) is 39.3 Å². The van der Waals surface area contributed by atoms with Crippen molar-refractivity contribution in [3.05, 3.63) is 5.62 Å². The molecule has 3 aliphatic rings. The summed E-state index contributed by atoms with van der Waals surface area (Å²) < 4.78 is 0. The van der Waals surface area contributed by atoms with Gasteiger partial charge >= 0.3 is 0 Å². The van der Waals surface area contributed by atoms with Crippen LogP contribution in [0, 0.1) is 0 Å². The van der Waals surface area contributed by atoms with E-state index in [1.807, 2.05) is 0 Å². The predicted molar refractivity (Wildman–Crippen MR) is 102 cm³/mol. The van der Waals surface area contributed by atoms with Crippen molar-refractivity contribution < 1.29 is 0 Å². The smallest absolute Gasteiger partial charge is 0.257 e. The first kappa shape index (κ1) is 16.2. The summed E-state index contributed by atoms with van der Waals surface area (Å²) in [6, 6.07) is 0. The van der Waals surface area contributed by atoms with Crippen LogP contribution in [0.15, 0.2) is 4.99 Å². The van der Waals surface area contributed by atoms with Gasteiger partial charge in [-0.2, -0.15) is 15.0 Å². The van der Waals surface area contributed by atoms with Crippen molar-refractivity contribution in [3.63, 3.8) is 0 Å². The second kappa shape index (κ2) is 7.31. The van der Waals surface area contributed by atoms with Gasteiger partial charge in [-0.25, -0.2) is 0 Å². The number of hydrogen-bond acceptors (Lipinski definition) is 6. The number of likely N-dealkylation sites (tertiary alicyclic amines) is 1. The lowest BCUT2D eigenvalue weighted by molar-refractivity contribution is 0.522. The molecule has 0 unspecified atom stereocenters. The van der Waals surface area contributed by atoms with Crippen molar-refractivity contribution in [1.29, 1.82) is 0 Å². The first-order valence-corrected chi connectivity index (χ1v) is 10.2. The first-order valence-electron chi connectivity index (χ1n) is 9.02. The van der Waals surface area contributed by atoms with Crippen LogP contribution in [-0.2, 0) is 0 Å². The maximum Gasteiger partial charge on any atom is 0.257 e. The Balaban J connectivity index is 1.67. The Morgan fingerprint density at radius 3 is 1.75 bits per heavy atom. The van der Waals surface area contributed by atoms with E-state index < -0.39 is 0 Å². The molecule has 130 valence electrons. The molecule has 3 fully saturated rings. The minimum Gasteiger partial charge on any atom is -0.348 e. The summed E-state index contributed by atoms with van der Waals surface area (Å²) in [5.41, 5.74) is 0.537. The highest BCUT2D eigenvalue weighted by Crippen LogP contribution is 2.28. The van der Waals surface area contributed by atoms with Crippen LogP contribution < -0.4 is 15.4 Å². The van der Waals surface area contributed by atoms with Crippen LogP contribution >= 0.6 is 23.6 Å². The SMILES string of the molecule is S=C(N=c1nc(N2CCCC2)sc(N2CCCC2)n1)N1CCCC1. The molecule has 0 atom stereocenters. The maximum absolute atomic E-state index is 5.51. The highest BCUT2D eigenvalue weighted by atomic mass is 32.1. The van der Waals surface area contributed by atoms with Crippen LogP contribution in [0.3, 0.4) is 0 Å². The molecule has 0 bridgehead atoms. The van der Waals surface area contributed by atoms with Gasteiger partial charge in [-0.1, -0.05) is 11.3 Å². The Bertz CT molecular complexity index is 618. The normalized spacial score (nSPS) is 20.9. The van der Waals surface area contributed by atoms with E-state index in [0.717, 1.165) is 49.5 Å². The molecule has 4 heterocycles. The largest absolute Gasteiger partial charge is 0.348 e. The van der Waals surface area contributed by atoms with Gasteiger partial charge in [0.25, 0.3) is 5.62 Å². The second-order valence-corrected chi connectivity index (χ2v) is 7.97. The van der Waals surface area contributed by atoms with Gasteiger partial charge in [0.15, 0.2) is 15.4 Å². The summed E-state index contributed by atoms with van der Waals surface area (Å²) in [4.78, 5) is 20.9. The minimum absolute atomic E-state index is 0.537. The van der Waals surface area contributed by atoms with Gasteiger partial charge in [0.2, 0.25) is 0 Å². The average Bonchev–Trinajstić information content (AvgIpc) is 3.38. The highest BCUT2D eigenvalue weighted by molar-refractivity contribution is 7.80. The fourth-order valence-electron chi connectivity index (χ4n) is 3.53. The van der Waals surface area contributed by atoms with Gasteiger partial charge in [0.05, 0.1) is 0 Å². The van der Waals surface area contributed by atoms with Crippen molar-refractivity contribution >= 4 is 38.9 Å². The van der Waals surface area contributed by atoms with Crippen LogP contribution in [0.5, 0.6) is 0 Å². The van der Waals surface area contributed by atoms with Crippen molar-refractivity contribution in [2.45, 2.75) is 38.5 Å². The molecular weight excluding hydrogens is 340 g/mol. The molecule has 4 rings (SSSR count). The zero-order valence-corrected chi connectivity index (χ0v) is 15.6. The molecule has 0 amide bonds. The molecule has 3 aliphatic heterocycles. The number of aromatic nitrogens is 2. The summed E-state index contributed by atoms with van der Waals surface area (Å²) in [6.45, 7) is 6.36. The quantitative estimate of drug-likeness (QED) is 0.749. The summed E-state index contributed by atoms with van der Waals surface area (Å²) in [6.07, 6.45) is 7.38. The van der Waals surface area contributed by atoms with Crippen molar-refractivity contribution in [2.24, 2.45) is 4.99 Å².